The van der Waals surface area contributed by atoms with Crippen LogP contribution in [0.15, 0.2) is 51.7 Å². The first-order valence-electron chi connectivity index (χ1n) is 12.2. The van der Waals surface area contributed by atoms with E-state index in [0.717, 1.165) is 31.5 Å². The second kappa shape index (κ2) is 10.2. The minimum absolute atomic E-state index is 0.0263. The summed E-state index contributed by atoms with van der Waals surface area (Å²) in [5, 5.41) is 0.131. The standard InChI is InChI=1S/C27H29FN2O5/c1-2-3-13-34-20-6-4-5-18(16-20)24-23-25(31)21-17-19(28)7-8-22(21)35-26(23)27(32)30(24)10-9-29-11-14-33-15-12-29/h4-8,16-17,24H,2-3,9-15H2,1H3. The lowest BCUT2D eigenvalue weighted by Crippen LogP contribution is -2.42. The van der Waals surface area contributed by atoms with E-state index in [1.165, 1.54) is 18.2 Å². The van der Waals surface area contributed by atoms with Gasteiger partial charge in [-0.1, -0.05) is 25.5 Å². The first-order valence-corrected chi connectivity index (χ1v) is 12.2. The molecule has 184 valence electrons. The average molecular weight is 481 g/mol. The van der Waals surface area contributed by atoms with Crippen LogP contribution in [0.1, 0.15) is 47.5 Å². The molecule has 3 heterocycles. The predicted molar refractivity (Wildman–Crippen MR) is 129 cm³/mol. The van der Waals surface area contributed by atoms with Gasteiger partial charge in [0.1, 0.15) is 17.1 Å². The third kappa shape index (κ3) is 4.68. The highest BCUT2D eigenvalue weighted by Gasteiger charge is 2.42. The Morgan fingerprint density at radius 3 is 2.71 bits per heavy atom. The Balaban J connectivity index is 1.56. The molecule has 1 atom stereocenters. The van der Waals surface area contributed by atoms with Gasteiger partial charge in [-0.2, -0.15) is 0 Å². The highest BCUT2D eigenvalue weighted by Crippen LogP contribution is 2.39. The zero-order chi connectivity index (χ0) is 24.4. The summed E-state index contributed by atoms with van der Waals surface area (Å²) in [5.41, 5.74) is 0.830. The molecule has 2 aliphatic rings. The third-order valence-corrected chi connectivity index (χ3v) is 6.63. The molecule has 0 radical (unpaired) electrons. The van der Waals surface area contributed by atoms with Crippen molar-refractivity contribution in [1.82, 2.24) is 9.80 Å². The maximum absolute atomic E-state index is 14.0. The zero-order valence-electron chi connectivity index (χ0n) is 19.8. The maximum Gasteiger partial charge on any atom is 0.290 e. The molecule has 8 heteroatoms. The summed E-state index contributed by atoms with van der Waals surface area (Å²) in [6.45, 7) is 6.65. The van der Waals surface area contributed by atoms with E-state index >= 15 is 0 Å². The van der Waals surface area contributed by atoms with Crippen molar-refractivity contribution >= 4 is 16.9 Å². The van der Waals surface area contributed by atoms with Crippen LogP contribution in [-0.2, 0) is 4.74 Å². The Bertz CT molecular complexity index is 1280. The van der Waals surface area contributed by atoms with Crippen molar-refractivity contribution in [3.8, 4) is 5.75 Å². The Hall–Kier alpha value is -3.23. The summed E-state index contributed by atoms with van der Waals surface area (Å²) in [5.74, 6) is -0.153. The number of carbonyl (C=O) groups is 1. The van der Waals surface area contributed by atoms with E-state index in [4.69, 9.17) is 13.9 Å². The number of halogens is 1. The Morgan fingerprint density at radius 2 is 1.91 bits per heavy atom. The van der Waals surface area contributed by atoms with Crippen LogP contribution in [0.3, 0.4) is 0 Å². The molecular weight excluding hydrogens is 451 g/mol. The molecule has 1 amide bonds. The topological polar surface area (TPSA) is 72.2 Å². The largest absolute Gasteiger partial charge is 0.494 e. The van der Waals surface area contributed by atoms with Crippen LogP contribution < -0.4 is 10.2 Å². The van der Waals surface area contributed by atoms with Gasteiger partial charge in [0.25, 0.3) is 5.91 Å². The first kappa shape index (κ1) is 23.5. The van der Waals surface area contributed by atoms with E-state index in [-0.39, 0.29) is 33.6 Å². The monoisotopic (exact) mass is 480 g/mol. The number of benzene rings is 2. The molecule has 2 aliphatic heterocycles. The summed E-state index contributed by atoms with van der Waals surface area (Å²) in [7, 11) is 0. The molecule has 0 N–H and O–H groups in total. The van der Waals surface area contributed by atoms with Gasteiger partial charge in [0.05, 0.1) is 36.8 Å². The molecule has 35 heavy (non-hydrogen) atoms. The summed E-state index contributed by atoms with van der Waals surface area (Å²) in [6, 6.07) is 10.6. The summed E-state index contributed by atoms with van der Waals surface area (Å²) >= 11 is 0. The molecular formula is C27H29FN2O5. The summed E-state index contributed by atoms with van der Waals surface area (Å²) in [6.07, 6.45) is 1.95. The number of rotatable bonds is 8. The molecule has 1 fully saturated rings. The van der Waals surface area contributed by atoms with Gasteiger partial charge >= 0.3 is 0 Å². The number of morpholine rings is 1. The zero-order valence-corrected chi connectivity index (χ0v) is 19.8. The molecule has 1 aromatic heterocycles. The molecule has 3 aromatic rings. The van der Waals surface area contributed by atoms with Crippen molar-refractivity contribution in [2.24, 2.45) is 0 Å². The minimum Gasteiger partial charge on any atom is -0.494 e. The number of hydrogen-bond acceptors (Lipinski definition) is 6. The normalized spacial score (nSPS) is 18.3. The maximum atomic E-state index is 14.0. The van der Waals surface area contributed by atoms with Gasteiger partial charge in [-0.25, -0.2) is 4.39 Å². The summed E-state index contributed by atoms with van der Waals surface area (Å²) in [4.78, 5) is 31.1. The van der Waals surface area contributed by atoms with Crippen LogP contribution in [0.2, 0.25) is 0 Å². The number of hydrogen-bond donors (Lipinski definition) is 0. The smallest absolute Gasteiger partial charge is 0.290 e. The van der Waals surface area contributed by atoms with Crippen LogP contribution in [0.25, 0.3) is 11.0 Å². The lowest BCUT2D eigenvalue weighted by Gasteiger charge is -2.31. The molecule has 0 saturated carbocycles. The molecule has 2 aromatic carbocycles. The van der Waals surface area contributed by atoms with Crippen molar-refractivity contribution in [1.29, 1.82) is 0 Å². The average Bonchev–Trinajstić information content (AvgIpc) is 3.16. The van der Waals surface area contributed by atoms with Crippen LogP contribution in [0.4, 0.5) is 4.39 Å². The minimum atomic E-state index is -0.641. The van der Waals surface area contributed by atoms with E-state index in [1.807, 2.05) is 24.3 Å². The van der Waals surface area contributed by atoms with E-state index in [9.17, 15) is 14.0 Å². The number of amides is 1. The number of nitrogens with zero attached hydrogens (tertiary/aromatic N) is 2. The number of carbonyl (C=O) groups excluding carboxylic acids is 1. The fraction of sp³-hybridized carbons (Fsp3) is 0.407. The Morgan fingerprint density at radius 1 is 1.09 bits per heavy atom. The van der Waals surface area contributed by atoms with Gasteiger partial charge < -0.3 is 18.8 Å². The fourth-order valence-electron chi connectivity index (χ4n) is 4.75. The molecule has 5 rings (SSSR count). The SMILES string of the molecule is CCCCOc1cccc(C2c3c(oc4ccc(F)cc4c3=O)C(=O)N2CCN2CCOCC2)c1. The Kier molecular flexibility index (Phi) is 6.83. The molecule has 7 nitrogen and oxygen atoms in total. The molecule has 0 spiro atoms. The molecule has 0 bridgehead atoms. The van der Waals surface area contributed by atoms with Crippen molar-refractivity contribution < 1.29 is 23.1 Å². The van der Waals surface area contributed by atoms with Gasteiger partial charge in [0.2, 0.25) is 5.76 Å². The first-order chi connectivity index (χ1) is 17.1. The van der Waals surface area contributed by atoms with Crippen molar-refractivity contribution in [3.05, 3.63) is 75.4 Å². The lowest BCUT2D eigenvalue weighted by molar-refractivity contribution is 0.0314. The third-order valence-electron chi connectivity index (χ3n) is 6.63. The van der Waals surface area contributed by atoms with Crippen LogP contribution >= 0.6 is 0 Å². The van der Waals surface area contributed by atoms with Gasteiger partial charge in [-0.15, -0.1) is 0 Å². The van der Waals surface area contributed by atoms with E-state index in [2.05, 4.69) is 11.8 Å². The van der Waals surface area contributed by atoms with Gasteiger partial charge in [0, 0.05) is 26.2 Å². The van der Waals surface area contributed by atoms with E-state index < -0.39 is 11.9 Å². The highest BCUT2D eigenvalue weighted by molar-refractivity contribution is 5.99. The van der Waals surface area contributed by atoms with Gasteiger partial charge in [-0.05, 0) is 42.3 Å². The van der Waals surface area contributed by atoms with E-state index in [1.54, 1.807) is 4.90 Å². The summed E-state index contributed by atoms with van der Waals surface area (Å²) < 4.78 is 31.2. The van der Waals surface area contributed by atoms with Crippen molar-refractivity contribution in [2.45, 2.75) is 25.8 Å². The second-order valence-electron chi connectivity index (χ2n) is 8.94. The van der Waals surface area contributed by atoms with E-state index in [0.29, 0.717) is 38.7 Å². The van der Waals surface area contributed by atoms with Crippen LogP contribution in [0.5, 0.6) is 5.75 Å². The predicted octanol–water partition coefficient (Wildman–Crippen LogP) is 3.99. The number of unbranched alkanes of at least 4 members (excludes halogenated alkanes) is 1. The van der Waals surface area contributed by atoms with Crippen molar-refractivity contribution in [2.75, 3.05) is 46.0 Å². The number of fused-ring (bicyclic) bond motifs is 2. The van der Waals surface area contributed by atoms with Crippen LogP contribution in [-0.4, -0.2) is 61.7 Å². The van der Waals surface area contributed by atoms with Gasteiger partial charge in [-0.3, -0.25) is 14.5 Å². The molecule has 1 unspecified atom stereocenters. The number of ether oxygens (including phenoxy) is 2. The Labute approximate surface area is 203 Å². The quantitative estimate of drug-likeness (QED) is 0.454. The van der Waals surface area contributed by atoms with Crippen LogP contribution in [0, 0.1) is 5.82 Å². The lowest BCUT2D eigenvalue weighted by atomic mass is 9.98. The molecule has 0 aliphatic carbocycles. The van der Waals surface area contributed by atoms with Gasteiger partial charge in [0.15, 0.2) is 5.43 Å². The highest BCUT2D eigenvalue weighted by atomic mass is 19.1. The fourth-order valence-corrected chi connectivity index (χ4v) is 4.75. The second-order valence-corrected chi connectivity index (χ2v) is 8.94. The van der Waals surface area contributed by atoms with Crippen molar-refractivity contribution in [3.63, 3.8) is 0 Å². The molecule has 1 saturated heterocycles.